The third-order valence-corrected chi connectivity index (χ3v) is 6.04. The number of rotatable bonds is 5. The summed E-state index contributed by atoms with van der Waals surface area (Å²) >= 11 is 0. The van der Waals surface area contributed by atoms with Crippen molar-refractivity contribution in [1.29, 1.82) is 0 Å². The van der Waals surface area contributed by atoms with Crippen LogP contribution in [0.2, 0.25) is 0 Å². The van der Waals surface area contributed by atoms with Gasteiger partial charge in [0.15, 0.2) is 0 Å². The molecular weight excluding hydrogens is 343 g/mol. The maximum absolute atomic E-state index is 13.2. The molecule has 0 atom stereocenters. The minimum atomic E-state index is -4.02. The van der Waals surface area contributed by atoms with Crippen LogP contribution in [0.5, 0.6) is 0 Å². The van der Waals surface area contributed by atoms with Gasteiger partial charge < -0.3 is 0 Å². The van der Waals surface area contributed by atoms with E-state index in [1.54, 1.807) is 6.92 Å². The van der Waals surface area contributed by atoms with Gasteiger partial charge >= 0.3 is 0 Å². The third-order valence-electron chi connectivity index (χ3n) is 3.10. The predicted octanol–water partition coefficient (Wildman–Crippen LogP) is 1.84. The van der Waals surface area contributed by atoms with Crippen LogP contribution in [0.25, 0.3) is 0 Å². The third kappa shape index (κ3) is 3.87. The molecule has 6 nitrogen and oxygen atoms in total. The van der Waals surface area contributed by atoms with E-state index in [0.29, 0.717) is 5.56 Å². The molecule has 0 saturated heterocycles. The van der Waals surface area contributed by atoms with E-state index in [9.17, 15) is 21.2 Å². The number of hydrogen-bond acceptors (Lipinski definition) is 4. The number of sulfonamides is 2. The summed E-state index contributed by atoms with van der Waals surface area (Å²) in [4.78, 5) is -0.296. The molecule has 2 aromatic rings. The van der Waals surface area contributed by atoms with Crippen molar-refractivity contribution < 1.29 is 21.2 Å². The lowest BCUT2D eigenvalue weighted by Gasteiger charge is -2.11. The van der Waals surface area contributed by atoms with Gasteiger partial charge in [-0.15, -0.1) is 0 Å². The Morgan fingerprint density at radius 1 is 0.957 bits per heavy atom. The van der Waals surface area contributed by atoms with Crippen LogP contribution in [-0.4, -0.2) is 23.9 Å². The quantitative estimate of drug-likeness (QED) is 0.853. The van der Waals surface area contributed by atoms with Gasteiger partial charge in [-0.1, -0.05) is 12.1 Å². The van der Waals surface area contributed by atoms with E-state index in [2.05, 4.69) is 9.44 Å². The average Bonchev–Trinajstić information content (AvgIpc) is 2.49. The lowest BCUT2D eigenvalue weighted by molar-refractivity contribution is 0.587. The van der Waals surface area contributed by atoms with Gasteiger partial charge in [-0.05, 0) is 49.9 Å². The maximum atomic E-state index is 13.2. The van der Waals surface area contributed by atoms with Crippen LogP contribution in [0.15, 0.2) is 52.3 Å². The van der Waals surface area contributed by atoms with E-state index in [1.807, 2.05) is 0 Å². The minimum absolute atomic E-state index is 0.0422. The molecule has 0 spiro atoms. The van der Waals surface area contributed by atoms with Crippen LogP contribution in [0.3, 0.4) is 0 Å². The molecule has 0 aliphatic rings. The van der Waals surface area contributed by atoms with Gasteiger partial charge in [-0.25, -0.2) is 25.9 Å². The van der Waals surface area contributed by atoms with Gasteiger partial charge in [0.2, 0.25) is 10.0 Å². The van der Waals surface area contributed by atoms with Crippen molar-refractivity contribution in [2.24, 2.45) is 0 Å². The van der Waals surface area contributed by atoms with Crippen molar-refractivity contribution >= 4 is 25.7 Å². The highest BCUT2D eigenvalue weighted by Gasteiger charge is 2.19. The first kappa shape index (κ1) is 17.4. The second-order valence-corrected chi connectivity index (χ2v) is 8.29. The number of hydrogen-bond donors (Lipinski definition) is 2. The summed E-state index contributed by atoms with van der Waals surface area (Å²) in [5.41, 5.74) is 0.529. The van der Waals surface area contributed by atoms with Crippen molar-refractivity contribution in [3.8, 4) is 0 Å². The number of anilines is 1. The number of benzene rings is 2. The maximum Gasteiger partial charge on any atom is 0.261 e. The van der Waals surface area contributed by atoms with Crippen molar-refractivity contribution in [3.05, 3.63) is 53.8 Å². The molecule has 0 heterocycles. The van der Waals surface area contributed by atoms with Crippen molar-refractivity contribution in [2.75, 3.05) is 11.8 Å². The predicted molar refractivity (Wildman–Crippen MR) is 84.6 cm³/mol. The standard InChI is InChI=1S/C14H15FN2O4S2/c1-10-6-7-12(9-14(10)23(20,21)16-2)17-22(18,19)13-5-3-4-11(15)8-13/h3-9,16-17H,1-2H3. The SMILES string of the molecule is CNS(=O)(=O)c1cc(NS(=O)(=O)c2cccc(F)c2)ccc1C. The molecule has 0 amide bonds. The van der Waals surface area contributed by atoms with Crippen LogP contribution in [0.1, 0.15) is 5.56 Å². The Morgan fingerprint density at radius 3 is 2.26 bits per heavy atom. The van der Waals surface area contributed by atoms with E-state index in [1.165, 1.54) is 37.4 Å². The first-order valence-corrected chi connectivity index (χ1v) is 9.45. The Bertz CT molecular complexity index is 941. The summed E-state index contributed by atoms with van der Waals surface area (Å²) in [5, 5.41) is 0. The first-order valence-electron chi connectivity index (χ1n) is 6.48. The van der Waals surface area contributed by atoms with Crippen LogP contribution in [0.4, 0.5) is 10.1 Å². The van der Waals surface area contributed by atoms with Crippen molar-refractivity contribution in [2.45, 2.75) is 16.7 Å². The van der Waals surface area contributed by atoms with E-state index in [4.69, 9.17) is 0 Å². The largest absolute Gasteiger partial charge is 0.280 e. The molecule has 2 rings (SSSR count). The summed E-state index contributed by atoms with van der Waals surface area (Å²) < 4.78 is 65.9. The molecule has 0 radical (unpaired) electrons. The molecule has 124 valence electrons. The van der Waals surface area contributed by atoms with Gasteiger partial charge in [0.25, 0.3) is 10.0 Å². The second-order valence-electron chi connectivity index (χ2n) is 4.75. The lowest BCUT2D eigenvalue weighted by Crippen LogP contribution is -2.20. The number of halogens is 1. The zero-order valence-corrected chi connectivity index (χ0v) is 14.0. The molecular formula is C14H15FN2O4S2. The fraction of sp³-hybridized carbons (Fsp3) is 0.143. The normalized spacial score (nSPS) is 12.1. The summed E-state index contributed by atoms with van der Waals surface area (Å²) in [5.74, 6) is -0.685. The fourth-order valence-electron chi connectivity index (χ4n) is 1.91. The van der Waals surface area contributed by atoms with Gasteiger partial charge in [0.05, 0.1) is 15.5 Å². The Labute approximate surface area is 134 Å². The molecule has 9 heteroatoms. The Hall–Kier alpha value is -1.97. The molecule has 0 unspecified atom stereocenters. The van der Waals surface area contributed by atoms with Gasteiger partial charge in [0.1, 0.15) is 5.82 Å². The number of nitrogens with one attached hydrogen (secondary N) is 2. The van der Waals surface area contributed by atoms with Gasteiger partial charge in [-0.3, -0.25) is 4.72 Å². The molecule has 0 aliphatic carbocycles. The highest BCUT2D eigenvalue weighted by molar-refractivity contribution is 7.92. The smallest absolute Gasteiger partial charge is 0.261 e. The molecule has 2 aromatic carbocycles. The summed E-state index contributed by atoms with van der Waals surface area (Å²) in [6.45, 7) is 1.59. The van der Waals surface area contributed by atoms with Crippen LogP contribution < -0.4 is 9.44 Å². The van der Waals surface area contributed by atoms with Crippen LogP contribution in [0, 0.1) is 12.7 Å². The van der Waals surface area contributed by atoms with E-state index in [-0.39, 0.29) is 15.5 Å². The summed E-state index contributed by atoms with van der Waals surface area (Å²) in [6.07, 6.45) is 0. The van der Waals surface area contributed by atoms with Crippen LogP contribution in [-0.2, 0) is 20.0 Å². The monoisotopic (exact) mass is 358 g/mol. The molecule has 0 bridgehead atoms. The molecule has 2 N–H and O–H groups in total. The fourth-order valence-corrected chi connectivity index (χ4v) is 3.99. The van der Waals surface area contributed by atoms with Crippen molar-refractivity contribution in [3.63, 3.8) is 0 Å². The highest BCUT2D eigenvalue weighted by atomic mass is 32.2. The molecule has 23 heavy (non-hydrogen) atoms. The number of aryl methyl sites for hydroxylation is 1. The van der Waals surface area contributed by atoms with Crippen LogP contribution >= 0.6 is 0 Å². The second kappa shape index (κ2) is 6.26. The average molecular weight is 358 g/mol. The van der Waals surface area contributed by atoms with Gasteiger partial charge in [0, 0.05) is 0 Å². The lowest BCUT2D eigenvalue weighted by atomic mass is 10.2. The zero-order valence-electron chi connectivity index (χ0n) is 12.4. The highest BCUT2D eigenvalue weighted by Crippen LogP contribution is 2.22. The Morgan fingerprint density at radius 2 is 1.65 bits per heavy atom. The Balaban J connectivity index is 2.43. The van der Waals surface area contributed by atoms with E-state index in [0.717, 1.165) is 12.1 Å². The first-order chi connectivity index (χ1) is 10.7. The van der Waals surface area contributed by atoms with Gasteiger partial charge in [-0.2, -0.15) is 0 Å². The van der Waals surface area contributed by atoms with E-state index < -0.39 is 25.9 Å². The topological polar surface area (TPSA) is 92.3 Å². The molecule has 0 fully saturated rings. The molecule has 0 aliphatic heterocycles. The molecule has 0 saturated carbocycles. The summed E-state index contributed by atoms with van der Waals surface area (Å²) in [6, 6.07) is 8.64. The Kier molecular flexibility index (Phi) is 4.73. The zero-order chi connectivity index (χ0) is 17.3. The minimum Gasteiger partial charge on any atom is -0.280 e. The molecule has 0 aromatic heterocycles. The van der Waals surface area contributed by atoms with E-state index >= 15 is 0 Å². The summed E-state index contributed by atoms with van der Waals surface area (Å²) in [7, 11) is -6.48. The van der Waals surface area contributed by atoms with Crippen molar-refractivity contribution in [1.82, 2.24) is 4.72 Å².